The molecule has 37 heavy (non-hydrogen) atoms. The van der Waals surface area contributed by atoms with Gasteiger partial charge in [0, 0.05) is 0 Å². The Morgan fingerprint density at radius 2 is 1.14 bits per heavy atom. The van der Waals surface area contributed by atoms with Crippen LogP contribution in [0.25, 0.3) is 0 Å². The van der Waals surface area contributed by atoms with Crippen molar-refractivity contribution in [2.24, 2.45) is 11.8 Å². The number of esters is 2. The number of carbonyl (C=O) groups is 2. The van der Waals surface area contributed by atoms with Crippen molar-refractivity contribution in [1.82, 2.24) is 0 Å². The molecule has 0 amide bonds. The predicted molar refractivity (Wildman–Crippen MR) is 99.8 cm³/mol. The van der Waals surface area contributed by atoms with Crippen LogP contribution in [0.5, 0.6) is 0 Å². The van der Waals surface area contributed by atoms with Gasteiger partial charge in [-0.05, 0) is 19.3 Å². The van der Waals surface area contributed by atoms with E-state index >= 15 is 0 Å². The van der Waals surface area contributed by atoms with Gasteiger partial charge in [0.1, 0.15) is 0 Å². The van der Waals surface area contributed by atoms with Crippen molar-refractivity contribution in [2.45, 2.75) is 88.7 Å². The van der Waals surface area contributed by atoms with Crippen molar-refractivity contribution in [3.8, 4) is 0 Å². The van der Waals surface area contributed by atoms with Crippen LogP contribution in [0.4, 0.5) is 57.1 Å². The maximum absolute atomic E-state index is 13.8. The summed E-state index contributed by atoms with van der Waals surface area (Å²) in [6, 6.07) is 0. The average molecular weight is 576 g/mol. The number of rotatable bonds is 15. The monoisotopic (exact) mass is 576 g/mol. The molecule has 220 valence electrons. The Morgan fingerprint density at radius 1 is 0.676 bits per heavy atom. The number of carbonyl (C=O) groups excluding carboxylic acids is 2. The topological polar surface area (TPSA) is 52.6 Å². The lowest BCUT2D eigenvalue weighted by Crippen LogP contribution is -2.70. The summed E-state index contributed by atoms with van der Waals surface area (Å²) in [4.78, 5) is 23.9. The molecule has 0 spiro atoms. The van der Waals surface area contributed by atoms with Crippen LogP contribution in [0.3, 0.4) is 0 Å². The van der Waals surface area contributed by atoms with Gasteiger partial charge in [0.05, 0.1) is 31.5 Å². The Bertz CT molecular complexity index is 766. The molecule has 0 bridgehead atoms. The highest BCUT2D eigenvalue weighted by molar-refractivity contribution is 5.75. The fraction of sp³-hybridized carbons (Fsp3) is 0.900. The fourth-order valence-electron chi connectivity index (χ4n) is 2.77. The van der Waals surface area contributed by atoms with Gasteiger partial charge < -0.3 is 9.47 Å². The highest BCUT2D eigenvalue weighted by atomic mass is 19.4. The summed E-state index contributed by atoms with van der Waals surface area (Å²) in [6.07, 6.45) is -9.26. The van der Waals surface area contributed by atoms with Gasteiger partial charge in [-0.15, -0.1) is 0 Å². The molecule has 0 aromatic rings. The Kier molecular flexibility index (Phi) is 11.6. The van der Waals surface area contributed by atoms with E-state index in [-0.39, 0.29) is 19.4 Å². The lowest BCUT2D eigenvalue weighted by atomic mass is 9.92. The zero-order valence-corrected chi connectivity index (χ0v) is 19.7. The number of hydrogen-bond acceptors (Lipinski definition) is 4. The Hall–Kier alpha value is -1.97. The van der Waals surface area contributed by atoms with Crippen molar-refractivity contribution in [2.75, 3.05) is 13.2 Å². The lowest BCUT2D eigenvalue weighted by molar-refractivity contribution is -0.440. The maximum Gasteiger partial charge on any atom is 0.460 e. The molecule has 0 rings (SSSR count). The summed E-state index contributed by atoms with van der Waals surface area (Å²) in [7, 11) is 0. The van der Waals surface area contributed by atoms with Crippen LogP contribution in [0.15, 0.2) is 0 Å². The molecule has 0 aliphatic rings. The van der Waals surface area contributed by atoms with E-state index in [1.54, 1.807) is 0 Å². The van der Waals surface area contributed by atoms with E-state index in [1.807, 2.05) is 6.92 Å². The number of ether oxygens (including phenoxy) is 2. The van der Waals surface area contributed by atoms with Gasteiger partial charge in [-0.1, -0.05) is 27.2 Å². The number of halogens is 13. The SMILES string of the molecule is CCCCOC(=O)C(C)CC(CC)C(=O)OCCC(F)(F)C(F)(F)C(F)(F)C(F)(F)C(F)(F)C(F)(F)F. The van der Waals surface area contributed by atoms with E-state index < -0.39 is 72.6 Å². The molecule has 0 aromatic heterocycles. The van der Waals surface area contributed by atoms with Crippen molar-refractivity contribution in [1.29, 1.82) is 0 Å². The number of unbranched alkanes of at least 4 members (excludes halogenated alkanes) is 1. The van der Waals surface area contributed by atoms with Gasteiger partial charge in [-0.25, -0.2) is 0 Å². The highest BCUT2D eigenvalue weighted by Crippen LogP contribution is 2.60. The third kappa shape index (κ3) is 7.33. The van der Waals surface area contributed by atoms with Crippen molar-refractivity contribution in [3.63, 3.8) is 0 Å². The van der Waals surface area contributed by atoms with Crippen LogP contribution in [0.2, 0.25) is 0 Å². The molecule has 2 unspecified atom stereocenters. The minimum absolute atomic E-state index is 0.0722. The van der Waals surface area contributed by atoms with Crippen LogP contribution in [0, 0.1) is 11.8 Å². The molecule has 0 saturated carbocycles. The fourth-order valence-corrected chi connectivity index (χ4v) is 2.77. The number of alkyl halides is 13. The molecule has 17 heteroatoms. The molecule has 0 fully saturated rings. The summed E-state index contributed by atoms with van der Waals surface area (Å²) in [5, 5.41) is 0. The summed E-state index contributed by atoms with van der Waals surface area (Å²) >= 11 is 0. The average Bonchev–Trinajstić information content (AvgIpc) is 2.75. The van der Waals surface area contributed by atoms with Crippen molar-refractivity contribution >= 4 is 11.9 Å². The smallest absolute Gasteiger partial charge is 0.460 e. The second kappa shape index (κ2) is 12.3. The Morgan fingerprint density at radius 3 is 1.57 bits per heavy atom. The van der Waals surface area contributed by atoms with Crippen LogP contribution >= 0.6 is 0 Å². The van der Waals surface area contributed by atoms with Gasteiger partial charge in [0.25, 0.3) is 0 Å². The van der Waals surface area contributed by atoms with Gasteiger partial charge >= 0.3 is 47.7 Å². The predicted octanol–water partition coefficient (Wildman–Crippen LogP) is 7.05. The van der Waals surface area contributed by atoms with Gasteiger partial charge in [0.2, 0.25) is 0 Å². The standard InChI is InChI=1S/C20H25F13O4/c1-4-6-8-36-13(34)11(3)10-12(5-2)14(35)37-9-7-15(21,22)16(23,24)17(25,26)18(27,28)19(29,30)20(31,32)33/h11-12H,4-10H2,1-3H3. The highest BCUT2D eigenvalue weighted by Gasteiger charge is 2.90. The van der Waals surface area contributed by atoms with Crippen LogP contribution in [-0.4, -0.2) is 60.9 Å². The van der Waals surface area contributed by atoms with Crippen LogP contribution in [-0.2, 0) is 19.1 Å². The first-order valence-electron chi connectivity index (χ1n) is 10.7. The summed E-state index contributed by atoms with van der Waals surface area (Å²) in [5.74, 6) is -41.7. The van der Waals surface area contributed by atoms with E-state index in [1.165, 1.54) is 13.8 Å². The first-order chi connectivity index (χ1) is 16.5. The molecule has 0 N–H and O–H groups in total. The van der Waals surface area contributed by atoms with Gasteiger partial charge in [0.15, 0.2) is 0 Å². The normalized spacial score (nSPS) is 15.8. The third-order valence-electron chi connectivity index (χ3n) is 5.27. The van der Waals surface area contributed by atoms with Crippen molar-refractivity contribution in [3.05, 3.63) is 0 Å². The van der Waals surface area contributed by atoms with Gasteiger partial charge in [-0.3, -0.25) is 9.59 Å². The molecule has 0 aliphatic carbocycles. The lowest BCUT2D eigenvalue weighted by Gasteiger charge is -2.39. The van der Waals surface area contributed by atoms with Gasteiger partial charge in [-0.2, -0.15) is 57.1 Å². The zero-order chi connectivity index (χ0) is 29.7. The molecule has 0 aliphatic heterocycles. The Labute approximate surface area is 202 Å². The molecule has 4 nitrogen and oxygen atoms in total. The second-order valence-electron chi connectivity index (χ2n) is 8.18. The summed E-state index contributed by atoms with van der Waals surface area (Å²) in [5.41, 5.74) is 0. The largest absolute Gasteiger partial charge is 0.465 e. The molecule has 2 atom stereocenters. The molecular formula is C20H25F13O4. The molecule has 0 heterocycles. The minimum atomic E-state index is -7.99. The maximum atomic E-state index is 13.8. The van der Waals surface area contributed by atoms with Crippen LogP contribution in [0.1, 0.15) is 52.9 Å². The van der Waals surface area contributed by atoms with E-state index in [9.17, 15) is 66.7 Å². The Balaban J connectivity index is 5.42. The molecule has 0 saturated heterocycles. The summed E-state index contributed by atoms with van der Waals surface area (Å²) in [6.45, 7) is 2.75. The zero-order valence-electron chi connectivity index (χ0n) is 19.7. The first-order valence-corrected chi connectivity index (χ1v) is 10.7. The second-order valence-corrected chi connectivity index (χ2v) is 8.18. The van der Waals surface area contributed by atoms with Crippen molar-refractivity contribution < 1.29 is 76.1 Å². The minimum Gasteiger partial charge on any atom is -0.465 e. The number of hydrogen-bond donors (Lipinski definition) is 0. The molecular weight excluding hydrogens is 551 g/mol. The third-order valence-corrected chi connectivity index (χ3v) is 5.27. The van der Waals surface area contributed by atoms with E-state index in [2.05, 4.69) is 4.74 Å². The quantitative estimate of drug-likeness (QED) is 0.119. The first kappa shape index (κ1) is 35.0. The van der Waals surface area contributed by atoms with Crippen LogP contribution < -0.4 is 0 Å². The summed E-state index contributed by atoms with van der Waals surface area (Å²) < 4.78 is 179. The van der Waals surface area contributed by atoms with E-state index in [4.69, 9.17) is 4.74 Å². The molecule has 0 aromatic carbocycles. The molecule has 0 radical (unpaired) electrons. The van der Waals surface area contributed by atoms with E-state index in [0.717, 1.165) is 0 Å². The van der Waals surface area contributed by atoms with E-state index in [0.29, 0.717) is 12.8 Å².